The number of carbonyl (C=O) groups is 1. The molecule has 12 heteroatoms. The molecule has 0 saturated carbocycles. The molecule has 0 bridgehead atoms. The first kappa shape index (κ1) is 25.7. The molecule has 4 aromatic heterocycles. The van der Waals surface area contributed by atoms with E-state index >= 15 is 0 Å². The Bertz CT molecular complexity index is 1420. The van der Waals surface area contributed by atoms with Crippen LogP contribution in [0, 0.1) is 6.92 Å². The highest BCUT2D eigenvalue weighted by Gasteiger charge is 2.19. The first-order valence-electron chi connectivity index (χ1n) is 12.8. The number of aromatic nitrogens is 7. The topological polar surface area (TPSA) is 128 Å². The summed E-state index contributed by atoms with van der Waals surface area (Å²) in [5, 5.41) is 16.0. The molecular weight excluding hydrogens is 484 g/mol. The molecule has 5 heterocycles. The molecule has 1 amide bonds. The quantitative estimate of drug-likeness (QED) is 0.342. The monoisotopic (exact) mass is 518 g/mol. The Kier molecular flexibility index (Phi) is 7.61. The predicted octanol–water partition coefficient (Wildman–Crippen LogP) is 1.98. The zero-order valence-corrected chi connectivity index (χ0v) is 22.3. The number of carbonyl (C=O) groups excluding carboxylic acids is 1. The van der Waals surface area contributed by atoms with E-state index < -0.39 is 0 Å². The van der Waals surface area contributed by atoms with E-state index in [-0.39, 0.29) is 5.91 Å². The molecule has 0 atom stereocenters. The van der Waals surface area contributed by atoms with Crippen LogP contribution in [0.4, 0.5) is 11.5 Å². The van der Waals surface area contributed by atoms with Crippen LogP contribution in [0.25, 0.3) is 11.0 Å². The number of amides is 1. The first-order chi connectivity index (χ1) is 18.4. The molecule has 0 radical (unpaired) electrons. The molecule has 12 nitrogen and oxygen atoms in total. The third-order valence-electron chi connectivity index (χ3n) is 6.92. The molecular formula is C26H34N10O2. The number of aryl methyl sites for hydroxylation is 3. The Balaban J connectivity index is 1.25. The van der Waals surface area contributed by atoms with Crippen molar-refractivity contribution in [3.8, 4) is 0 Å². The van der Waals surface area contributed by atoms with Crippen molar-refractivity contribution in [1.82, 2.24) is 44.7 Å². The van der Waals surface area contributed by atoms with Crippen LogP contribution >= 0.6 is 0 Å². The van der Waals surface area contributed by atoms with E-state index in [1.807, 2.05) is 33.4 Å². The number of anilines is 2. The van der Waals surface area contributed by atoms with Crippen molar-refractivity contribution in [2.24, 2.45) is 14.1 Å². The second-order valence-electron chi connectivity index (χ2n) is 9.76. The van der Waals surface area contributed by atoms with Crippen molar-refractivity contribution >= 4 is 28.4 Å². The van der Waals surface area contributed by atoms with Gasteiger partial charge in [0.1, 0.15) is 5.82 Å². The van der Waals surface area contributed by atoms with Crippen molar-refractivity contribution in [3.63, 3.8) is 0 Å². The van der Waals surface area contributed by atoms with Gasteiger partial charge in [-0.05, 0) is 38.4 Å². The molecule has 0 aliphatic carbocycles. The fourth-order valence-electron chi connectivity index (χ4n) is 4.66. The average molecular weight is 519 g/mol. The molecule has 5 rings (SSSR count). The van der Waals surface area contributed by atoms with Gasteiger partial charge in [0.05, 0.1) is 28.5 Å². The summed E-state index contributed by atoms with van der Waals surface area (Å²) in [6.45, 7) is 4.84. The minimum atomic E-state index is -0.157. The molecule has 38 heavy (non-hydrogen) atoms. The van der Waals surface area contributed by atoms with Crippen LogP contribution in [0.3, 0.4) is 0 Å². The van der Waals surface area contributed by atoms with Crippen molar-refractivity contribution in [2.75, 3.05) is 38.7 Å². The number of hydrogen-bond donors (Lipinski definition) is 2. The van der Waals surface area contributed by atoms with Gasteiger partial charge in [0.2, 0.25) is 0 Å². The number of hydrogen-bond acceptors (Lipinski definition) is 9. The van der Waals surface area contributed by atoms with Gasteiger partial charge in [0, 0.05) is 71.5 Å². The van der Waals surface area contributed by atoms with Gasteiger partial charge < -0.3 is 20.3 Å². The van der Waals surface area contributed by atoms with Gasteiger partial charge >= 0.3 is 0 Å². The normalized spacial score (nSPS) is 14.3. The highest BCUT2D eigenvalue weighted by molar-refractivity contribution is 5.95. The summed E-state index contributed by atoms with van der Waals surface area (Å²) in [7, 11) is 5.83. The second-order valence-corrected chi connectivity index (χ2v) is 9.76. The second kappa shape index (κ2) is 11.2. The lowest BCUT2D eigenvalue weighted by molar-refractivity contribution is 0.0432. The average Bonchev–Trinajstić information content (AvgIpc) is 3.47. The zero-order valence-electron chi connectivity index (χ0n) is 22.3. The molecule has 1 fully saturated rings. The van der Waals surface area contributed by atoms with Crippen LogP contribution in [-0.4, -0.2) is 84.7 Å². The molecule has 2 N–H and O–H groups in total. The number of likely N-dealkylation sites (N-methyl/N-ethyl adjacent to an activating group) is 1. The van der Waals surface area contributed by atoms with E-state index in [4.69, 9.17) is 9.72 Å². The van der Waals surface area contributed by atoms with Gasteiger partial charge in [-0.2, -0.15) is 10.2 Å². The number of pyridine rings is 1. The summed E-state index contributed by atoms with van der Waals surface area (Å²) in [4.78, 5) is 28.9. The van der Waals surface area contributed by atoms with Crippen LogP contribution in [0.1, 0.15) is 40.3 Å². The summed E-state index contributed by atoms with van der Waals surface area (Å²) in [5.74, 6) is 1.14. The van der Waals surface area contributed by atoms with Gasteiger partial charge in [0.15, 0.2) is 11.5 Å². The van der Waals surface area contributed by atoms with E-state index in [1.54, 1.807) is 27.8 Å². The molecule has 0 aromatic carbocycles. The molecule has 4 aromatic rings. The van der Waals surface area contributed by atoms with Gasteiger partial charge in [-0.25, -0.2) is 14.6 Å². The summed E-state index contributed by atoms with van der Waals surface area (Å²) in [6, 6.07) is 2.30. The van der Waals surface area contributed by atoms with E-state index in [2.05, 4.69) is 42.7 Å². The third-order valence-corrected chi connectivity index (χ3v) is 6.92. The van der Waals surface area contributed by atoms with Crippen LogP contribution in [0.15, 0.2) is 30.9 Å². The molecule has 0 unspecified atom stereocenters. The molecule has 1 aliphatic heterocycles. The van der Waals surface area contributed by atoms with Crippen LogP contribution in [-0.2, 0) is 25.3 Å². The largest absolute Gasteiger partial charge is 0.381 e. The van der Waals surface area contributed by atoms with Gasteiger partial charge in [-0.1, -0.05) is 0 Å². The summed E-state index contributed by atoms with van der Waals surface area (Å²) in [6.07, 6.45) is 9.78. The Labute approximate surface area is 221 Å². The highest BCUT2D eigenvalue weighted by atomic mass is 16.5. The SMILES string of the molecule is Cc1ncc(C(=O)NCCN(C)C2CCOCC2)cc1Nc1nn(C)c2nc(Cc3cnn(C)c3)ncc12. The standard InChI is InChI=1S/C26H34N10O2/c1-17-22(12-19(14-28-17)26(37)27-7-8-34(2)20-5-9-38-10-6-20)31-24-21-15-29-23(32-25(21)36(4)33-24)11-18-13-30-35(3)16-18/h12-16,20H,5-11H2,1-4H3,(H,27,37)(H,31,33). The third kappa shape index (κ3) is 5.81. The van der Waals surface area contributed by atoms with E-state index in [9.17, 15) is 4.79 Å². The van der Waals surface area contributed by atoms with Crippen molar-refractivity contribution in [3.05, 3.63) is 53.5 Å². The van der Waals surface area contributed by atoms with E-state index in [0.29, 0.717) is 41.9 Å². The summed E-state index contributed by atoms with van der Waals surface area (Å²) >= 11 is 0. The van der Waals surface area contributed by atoms with Crippen molar-refractivity contribution in [1.29, 1.82) is 0 Å². The molecule has 1 aliphatic rings. The lowest BCUT2D eigenvalue weighted by Gasteiger charge is -2.31. The number of nitrogens with one attached hydrogen (secondary N) is 2. The zero-order chi connectivity index (χ0) is 26.6. The first-order valence-corrected chi connectivity index (χ1v) is 12.8. The molecule has 1 saturated heterocycles. The summed E-state index contributed by atoms with van der Waals surface area (Å²) in [5.41, 5.74) is 3.71. The van der Waals surface area contributed by atoms with Gasteiger partial charge in [0.25, 0.3) is 5.91 Å². The number of nitrogens with zero attached hydrogens (tertiary/aromatic N) is 8. The maximum Gasteiger partial charge on any atom is 0.252 e. The Morgan fingerprint density at radius 3 is 2.76 bits per heavy atom. The Morgan fingerprint density at radius 2 is 2.00 bits per heavy atom. The Morgan fingerprint density at radius 1 is 1.18 bits per heavy atom. The molecule has 200 valence electrons. The van der Waals surface area contributed by atoms with E-state index in [0.717, 1.165) is 54.9 Å². The lowest BCUT2D eigenvalue weighted by atomic mass is 10.1. The Hall–Kier alpha value is -3.90. The van der Waals surface area contributed by atoms with E-state index in [1.165, 1.54) is 0 Å². The molecule has 0 spiro atoms. The van der Waals surface area contributed by atoms with Crippen molar-refractivity contribution < 1.29 is 9.53 Å². The predicted molar refractivity (Wildman–Crippen MR) is 143 cm³/mol. The minimum absolute atomic E-state index is 0.157. The van der Waals surface area contributed by atoms with Crippen LogP contribution in [0.5, 0.6) is 0 Å². The summed E-state index contributed by atoms with van der Waals surface area (Å²) < 4.78 is 8.92. The lowest BCUT2D eigenvalue weighted by Crippen LogP contribution is -2.41. The van der Waals surface area contributed by atoms with Gasteiger partial charge in [-0.15, -0.1) is 0 Å². The smallest absolute Gasteiger partial charge is 0.252 e. The maximum atomic E-state index is 12.9. The van der Waals surface area contributed by atoms with Crippen molar-refractivity contribution in [2.45, 2.75) is 32.2 Å². The van der Waals surface area contributed by atoms with Crippen LogP contribution < -0.4 is 10.6 Å². The highest BCUT2D eigenvalue weighted by Crippen LogP contribution is 2.26. The number of fused-ring (bicyclic) bond motifs is 1. The fourth-order valence-corrected chi connectivity index (χ4v) is 4.66. The number of ether oxygens (including phenoxy) is 1. The fraction of sp³-hybridized carbons (Fsp3) is 0.462. The maximum absolute atomic E-state index is 12.9. The van der Waals surface area contributed by atoms with Crippen LogP contribution in [0.2, 0.25) is 0 Å². The number of rotatable bonds is 9. The minimum Gasteiger partial charge on any atom is -0.381 e. The van der Waals surface area contributed by atoms with Gasteiger partial charge in [-0.3, -0.25) is 14.5 Å².